The average molecular weight is 412 g/mol. The molecule has 1 unspecified atom stereocenters. The van der Waals surface area contributed by atoms with E-state index in [1.54, 1.807) is 6.07 Å². The van der Waals surface area contributed by atoms with E-state index >= 15 is 0 Å². The van der Waals surface area contributed by atoms with E-state index < -0.39 is 5.60 Å². The predicted molar refractivity (Wildman–Crippen MR) is 111 cm³/mol. The first-order chi connectivity index (χ1) is 14.4. The average Bonchev–Trinajstić information content (AvgIpc) is 3.02. The van der Waals surface area contributed by atoms with Gasteiger partial charge in [0.1, 0.15) is 23.0 Å². The van der Waals surface area contributed by atoms with E-state index in [1.807, 2.05) is 43.7 Å². The molecule has 30 heavy (non-hydrogen) atoms. The van der Waals surface area contributed by atoms with E-state index in [9.17, 15) is 9.59 Å². The van der Waals surface area contributed by atoms with Gasteiger partial charge in [-0.1, -0.05) is 12.1 Å². The summed E-state index contributed by atoms with van der Waals surface area (Å²) in [7, 11) is 0. The number of fused-ring (bicyclic) bond motifs is 1. The smallest absolute Gasteiger partial charge is 0.255 e. The van der Waals surface area contributed by atoms with Crippen LogP contribution in [0.25, 0.3) is 0 Å². The van der Waals surface area contributed by atoms with Gasteiger partial charge in [0.15, 0.2) is 0 Å². The number of carbonyl (C=O) groups is 2. The van der Waals surface area contributed by atoms with Crippen LogP contribution in [0.15, 0.2) is 24.3 Å². The van der Waals surface area contributed by atoms with Gasteiger partial charge in [-0.2, -0.15) is 5.10 Å². The monoisotopic (exact) mass is 411 g/mol. The van der Waals surface area contributed by atoms with E-state index in [0.29, 0.717) is 24.4 Å². The Morgan fingerprint density at radius 3 is 2.77 bits per heavy atom. The van der Waals surface area contributed by atoms with Gasteiger partial charge in [-0.3, -0.25) is 9.59 Å². The van der Waals surface area contributed by atoms with Crippen molar-refractivity contribution >= 4 is 11.8 Å². The van der Waals surface area contributed by atoms with Gasteiger partial charge in [0.25, 0.3) is 5.91 Å². The van der Waals surface area contributed by atoms with Crippen molar-refractivity contribution in [3.63, 3.8) is 0 Å². The van der Waals surface area contributed by atoms with Crippen molar-refractivity contribution in [2.24, 2.45) is 5.92 Å². The maximum Gasteiger partial charge on any atom is 0.255 e. The van der Waals surface area contributed by atoms with Crippen molar-refractivity contribution < 1.29 is 14.3 Å². The van der Waals surface area contributed by atoms with Crippen molar-refractivity contribution in [3.8, 4) is 5.75 Å². The summed E-state index contributed by atoms with van der Waals surface area (Å²) in [5.74, 6) is 2.14. The van der Waals surface area contributed by atoms with E-state index in [-0.39, 0.29) is 23.8 Å². The van der Waals surface area contributed by atoms with Crippen LogP contribution >= 0.6 is 0 Å². The maximum atomic E-state index is 12.7. The lowest BCUT2D eigenvalue weighted by atomic mass is 9.78. The molecule has 1 fully saturated rings. The summed E-state index contributed by atoms with van der Waals surface area (Å²) in [5.41, 5.74) is 0.128. The largest absolute Gasteiger partial charge is 0.485 e. The highest BCUT2D eigenvalue weighted by Crippen LogP contribution is 2.38. The number of aromatic nitrogens is 3. The summed E-state index contributed by atoms with van der Waals surface area (Å²) < 4.78 is 8.17. The molecule has 2 amide bonds. The molecule has 2 aliphatic rings. The molecular weight excluding hydrogens is 382 g/mol. The third-order valence-corrected chi connectivity index (χ3v) is 6.19. The van der Waals surface area contributed by atoms with Crippen LogP contribution in [0.1, 0.15) is 60.7 Å². The Balaban J connectivity index is 1.33. The Kier molecular flexibility index (Phi) is 5.49. The van der Waals surface area contributed by atoms with Crippen molar-refractivity contribution in [3.05, 3.63) is 41.5 Å². The quantitative estimate of drug-likeness (QED) is 0.805. The molecule has 2 aromatic rings. The molecule has 0 bridgehead atoms. The molecule has 1 aromatic heterocycles. The highest BCUT2D eigenvalue weighted by Gasteiger charge is 2.41. The van der Waals surface area contributed by atoms with E-state index in [1.165, 1.54) is 0 Å². The van der Waals surface area contributed by atoms with Gasteiger partial charge in [0.05, 0.1) is 18.2 Å². The summed E-state index contributed by atoms with van der Waals surface area (Å²) in [6, 6.07) is 7.38. The molecular formula is C22H29N5O3. The van der Waals surface area contributed by atoms with E-state index in [2.05, 4.69) is 20.7 Å². The second-order valence-electron chi connectivity index (χ2n) is 8.48. The van der Waals surface area contributed by atoms with E-state index in [0.717, 1.165) is 37.3 Å². The Bertz CT molecular complexity index is 946. The SMILES string of the molecule is Cc1nc(C)n(C(C)CNC(=O)C2CCC3(CC2)CNC(=O)c2ccccc2O3)n1. The number of para-hydroxylation sites is 1. The maximum absolute atomic E-state index is 12.7. The summed E-state index contributed by atoms with van der Waals surface area (Å²) in [5, 5.41) is 10.5. The van der Waals surface area contributed by atoms with Crippen LogP contribution < -0.4 is 15.4 Å². The summed E-state index contributed by atoms with van der Waals surface area (Å²) >= 11 is 0. The minimum absolute atomic E-state index is 0.0424. The fourth-order valence-corrected chi connectivity index (χ4v) is 4.47. The van der Waals surface area contributed by atoms with Crippen molar-refractivity contribution in [2.45, 2.75) is 58.1 Å². The molecule has 0 radical (unpaired) electrons. The number of nitrogens with zero attached hydrogens (tertiary/aromatic N) is 3. The molecule has 1 aliphatic carbocycles. The molecule has 1 aliphatic heterocycles. The first-order valence-corrected chi connectivity index (χ1v) is 10.6. The van der Waals surface area contributed by atoms with Crippen LogP contribution in [0.2, 0.25) is 0 Å². The fraction of sp³-hybridized carbons (Fsp3) is 0.545. The number of rotatable bonds is 4. The van der Waals surface area contributed by atoms with Gasteiger partial charge in [-0.25, -0.2) is 9.67 Å². The zero-order chi connectivity index (χ0) is 21.3. The summed E-state index contributed by atoms with van der Waals surface area (Å²) in [6.07, 6.45) is 2.94. The van der Waals surface area contributed by atoms with Crippen LogP contribution in [-0.4, -0.2) is 45.3 Å². The number of hydrogen-bond donors (Lipinski definition) is 2. The minimum atomic E-state index is -0.443. The molecule has 160 valence electrons. The molecule has 1 aromatic carbocycles. The first-order valence-electron chi connectivity index (χ1n) is 10.6. The molecule has 1 atom stereocenters. The highest BCUT2D eigenvalue weighted by atomic mass is 16.5. The third-order valence-electron chi connectivity index (χ3n) is 6.19. The number of benzene rings is 1. The Labute approximate surface area is 176 Å². The van der Waals surface area contributed by atoms with Crippen LogP contribution in [0.5, 0.6) is 5.75 Å². The lowest BCUT2D eigenvalue weighted by molar-refractivity contribution is -0.127. The molecule has 1 spiro atoms. The Morgan fingerprint density at radius 2 is 2.07 bits per heavy atom. The molecule has 8 heteroatoms. The Hall–Kier alpha value is -2.90. The van der Waals surface area contributed by atoms with Gasteiger partial charge in [-0.15, -0.1) is 0 Å². The van der Waals surface area contributed by atoms with Crippen LogP contribution in [0, 0.1) is 19.8 Å². The lowest BCUT2D eigenvalue weighted by Crippen LogP contribution is -2.49. The van der Waals surface area contributed by atoms with Gasteiger partial charge in [-0.05, 0) is 58.6 Å². The zero-order valence-corrected chi connectivity index (χ0v) is 17.8. The summed E-state index contributed by atoms with van der Waals surface area (Å²) in [6.45, 7) is 6.79. The van der Waals surface area contributed by atoms with Crippen molar-refractivity contribution in [1.82, 2.24) is 25.4 Å². The number of aryl methyl sites for hydroxylation is 2. The van der Waals surface area contributed by atoms with Crippen LogP contribution in [0.3, 0.4) is 0 Å². The summed E-state index contributed by atoms with van der Waals surface area (Å²) in [4.78, 5) is 29.4. The number of ether oxygens (including phenoxy) is 1. The molecule has 2 heterocycles. The first kappa shape index (κ1) is 20.4. The van der Waals surface area contributed by atoms with Gasteiger partial charge < -0.3 is 15.4 Å². The third kappa shape index (κ3) is 4.04. The molecule has 1 saturated carbocycles. The zero-order valence-electron chi connectivity index (χ0n) is 17.8. The molecule has 2 N–H and O–H groups in total. The topological polar surface area (TPSA) is 98.1 Å². The standard InChI is InChI=1S/C22H29N5O3/c1-14(27-16(3)25-15(2)26-27)12-23-20(28)17-8-10-22(11-9-17)13-24-21(29)18-6-4-5-7-19(18)30-22/h4-7,14,17H,8-13H2,1-3H3,(H,23,28)(H,24,29). The van der Waals surface area contributed by atoms with Crippen molar-refractivity contribution in [1.29, 1.82) is 0 Å². The molecule has 0 saturated heterocycles. The number of amides is 2. The number of carbonyl (C=O) groups excluding carboxylic acids is 2. The normalized spacial score (nSPS) is 24.4. The van der Waals surface area contributed by atoms with Gasteiger partial charge >= 0.3 is 0 Å². The minimum Gasteiger partial charge on any atom is -0.485 e. The highest BCUT2D eigenvalue weighted by molar-refractivity contribution is 5.97. The number of nitrogens with one attached hydrogen (secondary N) is 2. The predicted octanol–water partition coefficient (Wildman–Crippen LogP) is 2.32. The second-order valence-corrected chi connectivity index (χ2v) is 8.48. The number of hydrogen-bond acceptors (Lipinski definition) is 5. The van der Waals surface area contributed by atoms with Crippen LogP contribution in [-0.2, 0) is 4.79 Å². The van der Waals surface area contributed by atoms with E-state index in [4.69, 9.17) is 4.74 Å². The van der Waals surface area contributed by atoms with Gasteiger partial charge in [0, 0.05) is 12.5 Å². The fourth-order valence-electron chi connectivity index (χ4n) is 4.47. The lowest BCUT2D eigenvalue weighted by Gasteiger charge is -2.39. The van der Waals surface area contributed by atoms with Crippen LogP contribution in [0.4, 0.5) is 0 Å². The second kappa shape index (κ2) is 8.08. The molecule has 4 rings (SSSR count). The van der Waals surface area contributed by atoms with Crippen molar-refractivity contribution in [2.75, 3.05) is 13.1 Å². The Morgan fingerprint density at radius 1 is 1.33 bits per heavy atom. The van der Waals surface area contributed by atoms with Gasteiger partial charge in [0.2, 0.25) is 5.91 Å². The molecule has 8 nitrogen and oxygen atoms in total.